The zero-order chi connectivity index (χ0) is 15.4. The lowest BCUT2D eigenvalue weighted by molar-refractivity contribution is -0.483. The Labute approximate surface area is 122 Å². The van der Waals surface area contributed by atoms with Crippen molar-refractivity contribution in [1.29, 1.82) is 0 Å². The van der Waals surface area contributed by atoms with E-state index in [1.54, 1.807) is 7.11 Å². The van der Waals surface area contributed by atoms with Crippen LogP contribution >= 0.6 is 0 Å². The topological polar surface area (TPSA) is 69.4 Å². The van der Waals surface area contributed by atoms with Gasteiger partial charge in [0.25, 0.3) is 0 Å². The number of nitrogens with zero attached hydrogens (tertiary/aromatic N) is 1. The minimum Gasteiger partial charge on any atom is -0.497 e. The van der Waals surface area contributed by atoms with E-state index < -0.39 is 5.92 Å². The molecule has 0 aromatic heterocycles. The fourth-order valence-corrected chi connectivity index (χ4v) is 2.57. The maximum absolute atomic E-state index is 11.4. The highest BCUT2D eigenvalue weighted by Gasteiger charge is 2.21. The van der Waals surface area contributed by atoms with Crippen molar-refractivity contribution in [3.05, 3.63) is 52.1 Å². The van der Waals surface area contributed by atoms with Gasteiger partial charge in [-0.25, -0.2) is 0 Å². The predicted octanol–water partition coefficient (Wildman–Crippen LogP) is 3.19. The summed E-state index contributed by atoms with van der Waals surface area (Å²) in [6.07, 6.45) is 0.173. The fourth-order valence-electron chi connectivity index (χ4n) is 2.57. The van der Waals surface area contributed by atoms with Crippen molar-refractivity contribution in [3.8, 4) is 5.75 Å². The molecular weight excluding hydrogens is 270 g/mol. The third-order valence-electron chi connectivity index (χ3n) is 3.46. The normalized spacial score (nSPS) is 12.1. The first-order valence-corrected chi connectivity index (χ1v) is 6.69. The van der Waals surface area contributed by atoms with Crippen molar-refractivity contribution in [2.45, 2.75) is 19.3 Å². The highest BCUT2D eigenvalue weighted by Crippen LogP contribution is 2.30. The summed E-state index contributed by atoms with van der Waals surface area (Å²) in [5.41, 5.74) is 0.835. The molecule has 0 saturated heterocycles. The van der Waals surface area contributed by atoms with Gasteiger partial charge in [0.15, 0.2) is 0 Å². The lowest BCUT2D eigenvalue weighted by Crippen LogP contribution is -2.15. The van der Waals surface area contributed by atoms with Gasteiger partial charge in [-0.3, -0.25) is 10.1 Å². The highest BCUT2D eigenvalue weighted by atomic mass is 16.6. The molecule has 0 heterocycles. The summed E-state index contributed by atoms with van der Waals surface area (Å²) in [6.45, 7) is 1.21. The van der Waals surface area contributed by atoms with Crippen LogP contribution in [0.15, 0.2) is 36.4 Å². The lowest BCUT2D eigenvalue weighted by Gasteiger charge is -2.15. The Kier molecular flexibility index (Phi) is 4.52. The van der Waals surface area contributed by atoms with Crippen LogP contribution in [-0.2, 0) is 4.79 Å². The predicted molar refractivity (Wildman–Crippen MR) is 80.4 cm³/mol. The Morgan fingerprint density at radius 3 is 2.71 bits per heavy atom. The summed E-state index contributed by atoms with van der Waals surface area (Å²) in [5, 5.41) is 12.7. The van der Waals surface area contributed by atoms with Gasteiger partial charge in [0, 0.05) is 11.3 Å². The first-order chi connectivity index (χ1) is 10.0. The van der Waals surface area contributed by atoms with Crippen LogP contribution in [0.2, 0.25) is 0 Å². The number of benzene rings is 2. The molecule has 0 fully saturated rings. The zero-order valence-electron chi connectivity index (χ0n) is 12.0. The van der Waals surface area contributed by atoms with Gasteiger partial charge in [-0.15, -0.1) is 0 Å². The van der Waals surface area contributed by atoms with Crippen LogP contribution in [0.4, 0.5) is 0 Å². The molecule has 0 unspecified atom stereocenters. The van der Waals surface area contributed by atoms with E-state index in [1.165, 1.54) is 6.92 Å². The molecule has 5 nitrogen and oxygen atoms in total. The van der Waals surface area contributed by atoms with Crippen LogP contribution in [0.25, 0.3) is 10.8 Å². The van der Waals surface area contributed by atoms with Crippen molar-refractivity contribution in [1.82, 2.24) is 0 Å². The van der Waals surface area contributed by atoms with E-state index >= 15 is 0 Å². The average molecular weight is 287 g/mol. The molecular formula is C16H17NO4. The largest absolute Gasteiger partial charge is 0.497 e. The summed E-state index contributed by atoms with van der Waals surface area (Å²) in [6, 6.07) is 11.2. The molecule has 0 aliphatic carbocycles. The molecule has 1 atom stereocenters. The number of rotatable bonds is 6. The summed E-state index contributed by atoms with van der Waals surface area (Å²) < 4.78 is 5.19. The van der Waals surface area contributed by atoms with E-state index in [0.29, 0.717) is 0 Å². The van der Waals surface area contributed by atoms with Crippen LogP contribution < -0.4 is 4.74 Å². The number of carbonyl (C=O) groups is 1. The molecule has 5 heteroatoms. The molecule has 2 aromatic rings. The summed E-state index contributed by atoms with van der Waals surface area (Å²) in [7, 11) is 1.59. The van der Waals surface area contributed by atoms with Crippen LogP contribution in [0.1, 0.15) is 24.8 Å². The second-order valence-electron chi connectivity index (χ2n) is 5.05. The summed E-state index contributed by atoms with van der Waals surface area (Å²) in [5.74, 6) is 0.277. The fraction of sp³-hybridized carbons (Fsp3) is 0.312. The second kappa shape index (κ2) is 6.35. The Bertz CT molecular complexity index is 665. The van der Waals surface area contributed by atoms with Gasteiger partial charge in [0.2, 0.25) is 6.54 Å². The number of ketones is 1. The molecule has 0 amide bonds. The Morgan fingerprint density at radius 1 is 1.33 bits per heavy atom. The molecule has 0 saturated carbocycles. The molecule has 0 spiro atoms. The van der Waals surface area contributed by atoms with Crippen molar-refractivity contribution >= 4 is 16.6 Å². The number of Topliss-reactive ketones (excluding diaryl/α,β-unsaturated/α-hetero) is 1. The number of nitro groups is 1. The minimum absolute atomic E-state index is 0.0487. The van der Waals surface area contributed by atoms with Crippen LogP contribution in [-0.4, -0.2) is 24.4 Å². The van der Waals surface area contributed by atoms with Gasteiger partial charge >= 0.3 is 0 Å². The lowest BCUT2D eigenvalue weighted by atomic mass is 9.90. The van der Waals surface area contributed by atoms with Gasteiger partial charge in [0.1, 0.15) is 11.5 Å². The standard InChI is InChI=1S/C16H17NO4/c1-11(18)8-13(10-17(19)20)15-5-3-4-12-9-14(21-2)6-7-16(12)15/h3-7,9,13H,8,10H2,1-2H3/t13-/m1/s1. The molecule has 0 radical (unpaired) electrons. The molecule has 0 bridgehead atoms. The molecule has 2 aromatic carbocycles. The first-order valence-electron chi connectivity index (χ1n) is 6.69. The second-order valence-corrected chi connectivity index (χ2v) is 5.05. The molecule has 0 aliphatic heterocycles. The molecule has 110 valence electrons. The smallest absolute Gasteiger partial charge is 0.211 e. The van der Waals surface area contributed by atoms with Crippen molar-refractivity contribution in [3.63, 3.8) is 0 Å². The minimum atomic E-state index is -0.408. The molecule has 21 heavy (non-hydrogen) atoms. The Balaban J connectivity index is 2.51. The maximum Gasteiger partial charge on any atom is 0.211 e. The van der Waals surface area contributed by atoms with Crippen LogP contribution in [0.5, 0.6) is 5.75 Å². The number of methoxy groups -OCH3 is 1. The van der Waals surface area contributed by atoms with E-state index in [2.05, 4.69) is 0 Å². The van der Waals surface area contributed by atoms with Gasteiger partial charge < -0.3 is 9.53 Å². The van der Waals surface area contributed by atoms with Crippen molar-refractivity contribution in [2.24, 2.45) is 0 Å². The number of ether oxygens (including phenoxy) is 1. The Hall–Kier alpha value is -2.43. The number of fused-ring (bicyclic) bond motifs is 1. The molecule has 2 rings (SSSR count). The van der Waals surface area contributed by atoms with Crippen molar-refractivity contribution < 1.29 is 14.5 Å². The summed E-state index contributed by atoms with van der Waals surface area (Å²) >= 11 is 0. The average Bonchev–Trinajstić information content (AvgIpc) is 2.44. The number of hydrogen-bond acceptors (Lipinski definition) is 4. The highest BCUT2D eigenvalue weighted by molar-refractivity contribution is 5.88. The summed E-state index contributed by atoms with van der Waals surface area (Å²) in [4.78, 5) is 21.9. The monoisotopic (exact) mass is 287 g/mol. The number of hydrogen-bond donors (Lipinski definition) is 0. The third-order valence-corrected chi connectivity index (χ3v) is 3.46. The van der Waals surface area contributed by atoms with Gasteiger partial charge in [-0.1, -0.05) is 24.3 Å². The van der Waals surface area contributed by atoms with Gasteiger partial charge in [0.05, 0.1) is 13.0 Å². The van der Waals surface area contributed by atoms with Crippen LogP contribution in [0.3, 0.4) is 0 Å². The number of carbonyl (C=O) groups excluding carboxylic acids is 1. The van der Waals surface area contributed by atoms with E-state index in [9.17, 15) is 14.9 Å². The Morgan fingerprint density at radius 2 is 2.10 bits per heavy atom. The molecule has 0 N–H and O–H groups in total. The quantitative estimate of drug-likeness (QED) is 0.604. The zero-order valence-corrected chi connectivity index (χ0v) is 12.0. The maximum atomic E-state index is 11.4. The van der Waals surface area contributed by atoms with Crippen molar-refractivity contribution in [2.75, 3.05) is 13.7 Å². The van der Waals surface area contributed by atoms with E-state index in [4.69, 9.17) is 4.74 Å². The van der Waals surface area contributed by atoms with Crippen LogP contribution in [0, 0.1) is 10.1 Å². The van der Waals surface area contributed by atoms with E-state index in [1.807, 2.05) is 36.4 Å². The van der Waals surface area contributed by atoms with Gasteiger partial charge in [-0.2, -0.15) is 0 Å². The van der Waals surface area contributed by atoms with E-state index in [-0.39, 0.29) is 23.7 Å². The SMILES string of the molecule is COc1ccc2c([C@H](CC(C)=O)C[N+](=O)[O-])cccc2c1. The third kappa shape index (κ3) is 3.56. The first kappa shape index (κ1) is 15.0. The van der Waals surface area contributed by atoms with E-state index in [0.717, 1.165) is 22.1 Å². The van der Waals surface area contributed by atoms with Gasteiger partial charge in [-0.05, 0) is 35.4 Å². The molecule has 0 aliphatic rings.